The zero-order chi connectivity index (χ0) is 14.0. The molecule has 1 amide bonds. The molecular formula is C14H15N3O2S. The molecule has 0 spiro atoms. The molecule has 1 aliphatic rings. The van der Waals surface area contributed by atoms with E-state index in [2.05, 4.69) is 14.9 Å². The van der Waals surface area contributed by atoms with E-state index in [9.17, 15) is 9.90 Å². The summed E-state index contributed by atoms with van der Waals surface area (Å²) in [6, 6.07) is 7.87. The Hall–Kier alpha value is -1.79. The van der Waals surface area contributed by atoms with Crippen LogP contribution in [0.25, 0.3) is 0 Å². The molecule has 0 saturated heterocycles. The van der Waals surface area contributed by atoms with Crippen molar-refractivity contribution >= 4 is 17.4 Å². The van der Waals surface area contributed by atoms with Crippen LogP contribution >= 0.6 is 11.5 Å². The molecule has 2 aromatic rings. The van der Waals surface area contributed by atoms with Gasteiger partial charge in [-0.25, -0.2) is 0 Å². The van der Waals surface area contributed by atoms with Crippen LogP contribution in [0.5, 0.6) is 0 Å². The van der Waals surface area contributed by atoms with Gasteiger partial charge in [-0.3, -0.25) is 4.79 Å². The fourth-order valence-corrected chi connectivity index (χ4v) is 3.09. The van der Waals surface area contributed by atoms with Crippen molar-refractivity contribution in [1.29, 1.82) is 0 Å². The van der Waals surface area contributed by atoms with Crippen LogP contribution in [0.1, 0.15) is 33.6 Å². The third-order valence-corrected chi connectivity index (χ3v) is 4.35. The Bertz CT molecular complexity index is 615. The molecule has 0 fully saturated rings. The maximum atomic E-state index is 11.9. The van der Waals surface area contributed by atoms with Crippen molar-refractivity contribution in [3.05, 3.63) is 46.5 Å². The molecule has 1 aliphatic carbocycles. The summed E-state index contributed by atoms with van der Waals surface area (Å²) in [6.07, 6.45) is 3.99. The van der Waals surface area contributed by atoms with Gasteiger partial charge < -0.3 is 10.4 Å². The summed E-state index contributed by atoms with van der Waals surface area (Å²) in [5.74, 6) is -0.239. The number of fused-ring (bicyclic) bond motifs is 1. The molecule has 104 valence electrons. The van der Waals surface area contributed by atoms with Gasteiger partial charge in [-0.05, 0) is 41.9 Å². The zero-order valence-corrected chi connectivity index (χ0v) is 11.7. The van der Waals surface area contributed by atoms with Crippen molar-refractivity contribution in [3.63, 3.8) is 0 Å². The molecule has 1 aromatic carbocycles. The molecule has 0 saturated carbocycles. The maximum absolute atomic E-state index is 11.9. The Morgan fingerprint density at radius 1 is 1.45 bits per heavy atom. The summed E-state index contributed by atoms with van der Waals surface area (Å²) in [5, 5.41) is 17.2. The summed E-state index contributed by atoms with van der Waals surface area (Å²) >= 11 is 1.05. The molecule has 1 atom stereocenters. The van der Waals surface area contributed by atoms with E-state index < -0.39 is 5.60 Å². The highest BCUT2D eigenvalue weighted by molar-refractivity contribution is 7.07. The average molecular weight is 289 g/mol. The Kier molecular flexibility index (Phi) is 3.50. The second-order valence-corrected chi connectivity index (χ2v) is 5.79. The molecule has 5 nitrogen and oxygen atoms in total. The van der Waals surface area contributed by atoms with Crippen molar-refractivity contribution in [2.45, 2.75) is 24.9 Å². The highest BCUT2D eigenvalue weighted by atomic mass is 32.1. The van der Waals surface area contributed by atoms with E-state index in [4.69, 9.17) is 0 Å². The minimum atomic E-state index is -0.984. The van der Waals surface area contributed by atoms with Crippen LogP contribution in [0.4, 0.5) is 0 Å². The van der Waals surface area contributed by atoms with E-state index in [0.717, 1.165) is 35.5 Å². The molecule has 0 bridgehead atoms. The maximum Gasteiger partial charge on any atom is 0.264 e. The smallest absolute Gasteiger partial charge is 0.264 e. The average Bonchev–Trinajstić information content (AvgIpc) is 3.00. The Labute approximate surface area is 120 Å². The largest absolute Gasteiger partial charge is 0.383 e. The van der Waals surface area contributed by atoms with Crippen molar-refractivity contribution < 1.29 is 9.90 Å². The monoisotopic (exact) mass is 289 g/mol. The summed E-state index contributed by atoms with van der Waals surface area (Å²) in [5.41, 5.74) is 1.10. The van der Waals surface area contributed by atoms with Gasteiger partial charge in [0.15, 0.2) is 0 Å². The summed E-state index contributed by atoms with van der Waals surface area (Å²) in [4.78, 5) is 12.4. The number of aliphatic hydroxyl groups is 1. The lowest BCUT2D eigenvalue weighted by Gasteiger charge is -2.34. The lowest BCUT2D eigenvalue weighted by Crippen LogP contribution is -2.42. The summed E-state index contributed by atoms with van der Waals surface area (Å²) in [7, 11) is 0. The first-order valence-corrected chi connectivity index (χ1v) is 7.33. The van der Waals surface area contributed by atoms with Crippen molar-refractivity contribution in [2.75, 3.05) is 6.54 Å². The minimum absolute atomic E-state index is 0.209. The molecule has 1 unspecified atom stereocenters. The fourth-order valence-electron chi connectivity index (χ4n) is 2.66. The number of rotatable bonds is 3. The first-order chi connectivity index (χ1) is 9.69. The van der Waals surface area contributed by atoms with Crippen LogP contribution in [0, 0.1) is 0 Å². The van der Waals surface area contributed by atoms with Crippen molar-refractivity contribution in [2.24, 2.45) is 0 Å². The van der Waals surface area contributed by atoms with Gasteiger partial charge in [0.2, 0.25) is 0 Å². The van der Waals surface area contributed by atoms with E-state index in [1.807, 2.05) is 24.3 Å². The second-order valence-electron chi connectivity index (χ2n) is 5.01. The van der Waals surface area contributed by atoms with Crippen LogP contribution in [0.2, 0.25) is 0 Å². The Morgan fingerprint density at radius 3 is 3.10 bits per heavy atom. The Morgan fingerprint density at radius 2 is 2.30 bits per heavy atom. The van der Waals surface area contributed by atoms with Gasteiger partial charge in [-0.15, -0.1) is 5.10 Å². The number of amides is 1. The van der Waals surface area contributed by atoms with Gasteiger partial charge in [-0.1, -0.05) is 28.8 Å². The first kappa shape index (κ1) is 13.2. The van der Waals surface area contributed by atoms with Gasteiger partial charge in [-0.2, -0.15) is 0 Å². The molecule has 1 heterocycles. The summed E-state index contributed by atoms with van der Waals surface area (Å²) < 4.78 is 3.66. The van der Waals surface area contributed by atoms with E-state index in [1.165, 1.54) is 6.20 Å². The number of carbonyl (C=O) groups is 1. The predicted molar refractivity (Wildman–Crippen MR) is 75.5 cm³/mol. The van der Waals surface area contributed by atoms with Crippen LogP contribution in [0.15, 0.2) is 30.5 Å². The normalized spacial score (nSPS) is 21.2. The standard InChI is InChI=1S/C14H15N3O2S/c18-13(12-8-16-17-20-12)15-9-14(19)7-3-5-10-4-1-2-6-11(10)14/h1-2,4,6,8,19H,3,5,7,9H2,(H,15,18). The molecule has 1 aromatic heterocycles. The van der Waals surface area contributed by atoms with Crippen LogP contribution in [0.3, 0.4) is 0 Å². The lowest BCUT2D eigenvalue weighted by molar-refractivity contribution is 0.0190. The van der Waals surface area contributed by atoms with Gasteiger partial charge >= 0.3 is 0 Å². The summed E-state index contributed by atoms with van der Waals surface area (Å²) in [6.45, 7) is 0.209. The highest BCUT2D eigenvalue weighted by Gasteiger charge is 2.34. The Balaban J connectivity index is 1.76. The topological polar surface area (TPSA) is 75.1 Å². The van der Waals surface area contributed by atoms with Crippen LogP contribution in [-0.2, 0) is 12.0 Å². The second kappa shape index (κ2) is 5.30. The third-order valence-electron chi connectivity index (χ3n) is 3.68. The molecular weight excluding hydrogens is 274 g/mol. The zero-order valence-electron chi connectivity index (χ0n) is 10.9. The highest BCUT2D eigenvalue weighted by Crippen LogP contribution is 2.34. The van der Waals surface area contributed by atoms with E-state index >= 15 is 0 Å². The molecule has 3 rings (SSSR count). The number of carbonyl (C=O) groups excluding carboxylic acids is 1. The number of hydrogen-bond acceptors (Lipinski definition) is 5. The number of aromatic nitrogens is 2. The van der Waals surface area contributed by atoms with E-state index in [0.29, 0.717) is 11.3 Å². The number of benzene rings is 1. The first-order valence-electron chi connectivity index (χ1n) is 6.55. The molecule has 2 N–H and O–H groups in total. The van der Waals surface area contributed by atoms with Gasteiger partial charge in [0.1, 0.15) is 10.5 Å². The van der Waals surface area contributed by atoms with E-state index in [-0.39, 0.29) is 12.5 Å². The van der Waals surface area contributed by atoms with Crippen molar-refractivity contribution in [1.82, 2.24) is 14.9 Å². The lowest BCUT2D eigenvalue weighted by atomic mass is 9.79. The van der Waals surface area contributed by atoms with Gasteiger partial charge in [0.25, 0.3) is 5.91 Å². The number of nitrogens with one attached hydrogen (secondary N) is 1. The third kappa shape index (κ3) is 2.44. The predicted octanol–water partition coefficient (Wildman–Crippen LogP) is 1.49. The van der Waals surface area contributed by atoms with Crippen LogP contribution < -0.4 is 5.32 Å². The van der Waals surface area contributed by atoms with Crippen LogP contribution in [-0.4, -0.2) is 27.1 Å². The number of hydrogen-bond donors (Lipinski definition) is 2. The van der Waals surface area contributed by atoms with Crippen molar-refractivity contribution in [3.8, 4) is 0 Å². The number of aryl methyl sites for hydroxylation is 1. The molecule has 20 heavy (non-hydrogen) atoms. The minimum Gasteiger partial charge on any atom is -0.383 e. The molecule has 0 aliphatic heterocycles. The fraction of sp³-hybridized carbons (Fsp3) is 0.357. The molecule has 6 heteroatoms. The van der Waals surface area contributed by atoms with Gasteiger partial charge in [0.05, 0.1) is 12.7 Å². The quantitative estimate of drug-likeness (QED) is 0.897. The number of nitrogens with zero attached hydrogens (tertiary/aromatic N) is 2. The van der Waals surface area contributed by atoms with Gasteiger partial charge in [0, 0.05) is 0 Å². The SMILES string of the molecule is O=C(NCC1(O)CCCc2ccccc21)c1cnns1. The molecule has 0 radical (unpaired) electrons. The van der Waals surface area contributed by atoms with E-state index in [1.54, 1.807) is 0 Å².